The van der Waals surface area contributed by atoms with E-state index in [1.54, 1.807) is 32.0 Å². The van der Waals surface area contributed by atoms with Crippen molar-refractivity contribution < 1.29 is 27.6 Å². The molecule has 8 heteroatoms. The molecule has 0 saturated heterocycles. The first-order chi connectivity index (χ1) is 16.0. The number of nitrogens with zero attached hydrogens (tertiary/aromatic N) is 1. The molecule has 2 amide bonds. The Labute approximate surface area is 195 Å². The molecule has 2 aromatic carbocycles. The molecule has 178 valence electrons. The Hall–Kier alpha value is -3.42. The van der Waals surface area contributed by atoms with E-state index >= 15 is 0 Å². The summed E-state index contributed by atoms with van der Waals surface area (Å²) < 4.78 is 44.3. The zero-order valence-corrected chi connectivity index (χ0v) is 18.9. The van der Waals surface area contributed by atoms with Crippen LogP contribution in [0.4, 0.5) is 13.2 Å². The molecule has 4 rings (SSSR count). The summed E-state index contributed by atoms with van der Waals surface area (Å²) >= 11 is 0. The van der Waals surface area contributed by atoms with Crippen molar-refractivity contribution in [3.63, 3.8) is 0 Å². The van der Waals surface area contributed by atoms with Crippen LogP contribution in [0, 0.1) is 5.41 Å². The summed E-state index contributed by atoms with van der Waals surface area (Å²) in [5, 5.41) is 1.95. The van der Waals surface area contributed by atoms with Crippen molar-refractivity contribution in [3.8, 4) is 0 Å². The third-order valence-electron chi connectivity index (χ3n) is 6.35. The summed E-state index contributed by atoms with van der Waals surface area (Å²) in [4.78, 5) is 40.7. The Kier molecular flexibility index (Phi) is 5.87. The topological polar surface area (TPSA) is 66.5 Å². The SMILES string of the molecule is CC1(C)CC(=O)C2=C(C1)N(CCc1ccccc1)C(=O)[C@@]2(NC(=O)c1ccccc1)C(F)(F)F. The highest BCUT2D eigenvalue weighted by atomic mass is 19.4. The first-order valence-corrected chi connectivity index (χ1v) is 11.0. The predicted octanol–water partition coefficient (Wildman–Crippen LogP) is 4.45. The number of amides is 2. The zero-order chi connectivity index (χ0) is 24.7. The third kappa shape index (κ3) is 4.02. The van der Waals surface area contributed by atoms with Crippen molar-refractivity contribution in [2.45, 2.75) is 44.8 Å². The quantitative estimate of drug-likeness (QED) is 0.703. The van der Waals surface area contributed by atoms with Gasteiger partial charge in [0.1, 0.15) is 0 Å². The van der Waals surface area contributed by atoms with Gasteiger partial charge in [0.2, 0.25) is 5.54 Å². The van der Waals surface area contributed by atoms with Gasteiger partial charge in [0, 0.05) is 24.2 Å². The summed E-state index contributed by atoms with van der Waals surface area (Å²) in [6.45, 7) is 3.53. The van der Waals surface area contributed by atoms with Crippen LogP contribution in [0.2, 0.25) is 0 Å². The Morgan fingerprint density at radius 1 is 0.971 bits per heavy atom. The highest BCUT2D eigenvalue weighted by Gasteiger charge is 2.71. The molecule has 1 N–H and O–H groups in total. The largest absolute Gasteiger partial charge is 0.425 e. The number of alkyl halides is 3. The van der Waals surface area contributed by atoms with E-state index in [-0.39, 0.29) is 30.6 Å². The first-order valence-electron chi connectivity index (χ1n) is 11.0. The number of carbonyl (C=O) groups excluding carboxylic acids is 3. The lowest BCUT2D eigenvalue weighted by molar-refractivity contribution is -0.190. The molecule has 0 radical (unpaired) electrons. The van der Waals surface area contributed by atoms with Crippen LogP contribution in [0.1, 0.15) is 42.6 Å². The fourth-order valence-corrected chi connectivity index (χ4v) is 4.78. The van der Waals surface area contributed by atoms with Crippen molar-refractivity contribution in [1.82, 2.24) is 10.2 Å². The number of allylic oxidation sites excluding steroid dienone is 1. The lowest BCUT2D eigenvalue weighted by Gasteiger charge is -2.35. The van der Waals surface area contributed by atoms with Crippen LogP contribution in [0.3, 0.4) is 0 Å². The van der Waals surface area contributed by atoms with Crippen molar-refractivity contribution in [2.24, 2.45) is 5.41 Å². The number of hydrogen-bond donors (Lipinski definition) is 1. The molecule has 1 atom stereocenters. The van der Waals surface area contributed by atoms with Crippen LogP contribution < -0.4 is 5.32 Å². The average Bonchev–Trinajstić information content (AvgIpc) is 3.00. The average molecular weight is 470 g/mol. The van der Waals surface area contributed by atoms with E-state index in [0.29, 0.717) is 6.42 Å². The van der Waals surface area contributed by atoms with Crippen LogP contribution in [0.25, 0.3) is 0 Å². The third-order valence-corrected chi connectivity index (χ3v) is 6.35. The number of nitrogens with one attached hydrogen (secondary N) is 1. The minimum absolute atomic E-state index is 0.0348. The normalized spacial score (nSPS) is 22.1. The molecule has 0 saturated carbocycles. The van der Waals surface area contributed by atoms with Crippen molar-refractivity contribution in [3.05, 3.63) is 83.1 Å². The summed E-state index contributed by atoms with van der Waals surface area (Å²) in [6, 6.07) is 16.4. The standard InChI is InChI=1S/C26H25F3N2O3/c1-24(2)15-19-21(20(32)16-24)25(26(27,28)29,30-22(33)18-11-7-4-8-12-18)23(34)31(19)14-13-17-9-5-3-6-10-17/h3-12H,13-16H2,1-2H3,(H,30,33)/t25-/m1/s1. The van der Waals surface area contributed by atoms with Gasteiger partial charge in [-0.15, -0.1) is 0 Å². The van der Waals surface area contributed by atoms with Gasteiger partial charge in [0.15, 0.2) is 5.78 Å². The van der Waals surface area contributed by atoms with Crippen molar-refractivity contribution in [1.29, 1.82) is 0 Å². The Balaban J connectivity index is 1.81. The Morgan fingerprint density at radius 3 is 2.15 bits per heavy atom. The minimum Gasteiger partial charge on any atom is -0.326 e. The van der Waals surface area contributed by atoms with Crippen molar-refractivity contribution >= 4 is 17.6 Å². The molecule has 1 aliphatic carbocycles. The van der Waals surface area contributed by atoms with Crippen molar-refractivity contribution in [2.75, 3.05) is 6.54 Å². The summed E-state index contributed by atoms with van der Waals surface area (Å²) in [5.41, 5.74) is -3.83. The second-order valence-electron chi connectivity index (χ2n) is 9.52. The van der Waals surface area contributed by atoms with E-state index in [9.17, 15) is 27.6 Å². The Bertz CT molecular complexity index is 1160. The maximum absolute atomic E-state index is 14.8. The van der Waals surface area contributed by atoms with Gasteiger partial charge in [0.25, 0.3) is 11.8 Å². The van der Waals surface area contributed by atoms with E-state index in [1.807, 2.05) is 23.5 Å². The number of benzene rings is 2. The van der Waals surface area contributed by atoms with Gasteiger partial charge in [-0.25, -0.2) is 0 Å². The van der Waals surface area contributed by atoms with Gasteiger partial charge < -0.3 is 10.2 Å². The van der Waals surface area contributed by atoms with Crippen LogP contribution in [0.5, 0.6) is 0 Å². The number of Topliss-reactive ketones (excluding diaryl/α,β-unsaturated/α-hetero) is 1. The van der Waals surface area contributed by atoms with E-state index in [1.165, 1.54) is 24.3 Å². The predicted molar refractivity (Wildman–Crippen MR) is 120 cm³/mol. The fraction of sp³-hybridized carbons (Fsp3) is 0.346. The second-order valence-corrected chi connectivity index (χ2v) is 9.52. The molecule has 0 bridgehead atoms. The molecule has 2 aliphatic rings. The second kappa shape index (κ2) is 8.42. The van der Waals surface area contributed by atoms with Gasteiger partial charge in [0.05, 0.1) is 5.57 Å². The minimum atomic E-state index is -5.21. The van der Waals surface area contributed by atoms with E-state index in [0.717, 1.165) is 10.5 Å². The first kappa shape index (κ1) is 23.7. The zero-order valence-electron chi connectivity index (χ0n) is 18.9. The molecule has 2 aromatic rings. The number of rotatable bonds is 5. The number of halogens is 3. The lowest BCUT2D eigenvalue weighted by Crippen LogP contribution is -2.66. The maximum atomic E-state index is 14.8. The molecule has 0 aromatic heterocycles. The van der Waals surface area contributed by atoms with Crippen LogP contribution in [0.15, 0.2) is 71.9 Å². The van der Waals surface area contributed by atoms with E-state index in [2.05, 4.69) is 0 Å². The molecule has 1 heterocycles. The lowest BCUT2D eigenvalue weighted by atomic mass is 9.72. The number of carbonyl (C=O) groups is 3. The monoisotopic (exact) mass is 470 g/mol. The molecule has 0 unspecified atom stereocenters. The van der Waals surface area contributed by atoms with Gasteiger partial charge >= 0.3 is 6.18 Å². The van der Waals surface area contributed by atoms with Gasteiger partial charge in [-0.1, -0.05) is 62.4 Å². The molecular formula is C26H25F3N2O3. The molecule has 5 nitrogen and oxygen atoms in total. The van der Waals surface area contributed by atoms with Crippen LogP contribution >= 0.6 is 0 Å². The van der Waals surface area contributed by atoms with E-state index < -0.39 is 40.3 Å². The van der Waals surface area contributed by atoms with Crippen LogP contribution in [-0.2, 0) is 16.0 Å². The van der Waals surface area contributed by atoms with Crippen LogP contribution in [-0.4, -0.2) is 40.8 Å². The van der Waals surface area contributed by atoms with Gasteiger partial charge in [-0.05, 0) is 36.0 Å². The van der Waals surface area contributed by atoms with Gasteiger partial charge in [-0.2, -0.15) is 13.2 Å². The molecule has 0 spiro atoms. The molecule has 1 aliphatic heterocycles. The molecular weight excluding hydrogens is 445 g/mol. The number of ketones is 1. The summed E-state index contributed by atoms with van der Waals surface area (Å²) in [7, 11) is 0. The van der Waals surface area contributed by atoms with Gasteiger partial charge in [-0.3, -0.25) is 14.4 Å². The fourth-order valence-electron chi connectivity index (χ4n) is 4.78. The highest BCUT2D eigenvalue weighted by Crippen LogP contribution is 2.51. The smallest absolute Gasteiger partial charge is 0.326 e. The molecule has 34 heavy (non-hydrogen) atoms. The number of hydrogen-bond acceptors (Lipinski definition) is 3. The summed E-state index contributed by atoms with van der Waals surface area (Å²) in [5.74, 6) is -3.18. The highest BCUT2D eigenvalue weighted by molar-refractivity contribution is 6.14. The Morgan fingerprint density at radius 2 is 1.56 bits per heavy atom. The molecule has 0 fully saturated rings. The van der Waals surface area contributed by atoms with E-state index in [4.69, 9.17) is 0 Å². The summed E-state index contributed by atoms with van der Waals surface area (Å²) in [6.07, 6.45) is -4.94. The maximum Gasteiger partial charge on any atom is 0.425 e.